The molecule has 1 unspecified atom stereocenters. The van der Waals surface area contributed by atoms with Crippen LogP contribution in [0.4, 0.5) is 4.39 Å². The quantitative estimate of drug-likeness (QED) is 0.785. The zero-order valence-corrected chi connectivity index (χ0v) is 8.83. The molecule has 0 fully saturated rings. The lowest BCUT2D eigenvalue weighted by Gasteiger charge is -2.13. The van der Waals surface area contributed by atoms with Gasteiger partial charge < -0.3 is 5.73 Å². The van der Waals surface area contributed by atoms with E-state index >= 15 is 0 Å². The van der Waals surface area contributed by atoms with Crippen molar-refractivity contribution in [2.24, 2.45) is 11.7 Å². The summed E-state index contributed by atoms with van der Waals surface area (Å²) in [7, 11) is 0. The van der Waals surface area contributed by atoms with Gasteiger partial charge in [-0.3, -0.25) is 0 Å². The highest BCUT2D eigenvalue weighted by Gasteiger charge is 2.12. The normalized spacial score (nSPS) is 13.2. The SMILES string of the molecule is CC(C)Cc1ccccc1C(F)CN. The van der Waals surface area contributed by atoms with Crippen molar-refractivity contribution in [2.75, 3.05) is 6.54 Å². The Hall–Kier alpha value is -0.890. The Bertz CT molecular complexity index is 283. The molecule has 2 N–H and O–H groups in total. The molecule has 14 heavy (non-hydrogen) atoms. The van der Waals surface area contributed by atoms with Crippen LogP contribution in [0.25, 0.3) is 0 Å². The van der Waals surface area contributed by atoms with Gasteiger partial charge in [0, 0.05) is 6.54 Å². The van der Waals surface area contributed by atoms with E-state index in [2.05, 4.69) is 13.8 Å². The highest BCUT2D eigenvalue weighted by molar-refractivity contribution is 5.29. The van der Waals surface area contributed by atoms with Crippen LogP contribution < -0.4 is 5.73 Å². The third kappa shape index (κ3) is 2.81. The number of nitrogens with two attached hydrogens (primary N) is 1. The van der Waals surface area contributed by atoms with Crippen LogP contribution >= 0.6 is 0 Å². The molecular weight excluding hydrogens is 177 g/mol. The minimum atomic E-state index is -1.02. The van der Waals surface area contributed by atoms with Crippen molar-refractivity contribution in [1.29, 1.82) is 0 Å². The second kappa shape index (κ2) is 5.11. The van der Waals surface area contributed by atoms with Gasteiger partial charge in [-0.25, -0.2) is 4.39 Å². The first-order chi connectivity index (χ1) is 6.65. The predicted molar refractivity (Wildman–Crippen MR) is 57.9 cm³/mol. The minimum Gasteiger partial charge on any atom is -0.327 e. The van der Waals surface area contributed by atoms with Crippen LogP contribution in [0.1, 0.15) is 31.1 Å². The maximum absolute atomic E-state index is 13.5. The van der Waals surface area contributed by atoms with E-state index in [1.807, 2.05) is 24.3 Å². The molecule has 0 bridgehead atoms. The predicted octanol–water partition coefficient (Wildman–Crippen LogP) is 2.85. The zero-order valence-electron chi connectivity index (χ0n) is 8.83. The summed E-state index contributed by atoms with van der Waals surface area (Å²) in [6, 6.07) is 7.62. The summed E-state index contributed by atoms with van der Waals surface area (Å²) in [6.07, 6.45) is -0.110. The lowest BCUT2D eigenvalue weighted by Crippen LogP contribution is -2.10. The smallest absolute Gasteiger partial charge is 0.138 e. The van der Waals surface area contributed by atoms with E-state index < -0.39 is 6.17 Å². The molecule has 1 rings (SSSR count). The van der Waals surface area contributed by atoms with Gasteiger partial charge in [-0.1, -0.05) is 38.1 Å². The van der Waals surface area contributed by atoms with Crippen molar-refractivity contribution in [1.82, 2.24) is 0 Å². The molecule has 1 aromatic rings. The maximum atomic E-state index is 13.5. The Morgan fingerprint density at radius 1 is 1.29 bits per heavy atom. The van der Waals surface area contributed by atoms with E-state index in [1.165, 1.54) is 0 Å². The third-order valence-electron chi connectivity index (χ3n) is 2.23. The molecule has 0 amide bonds. The third-order valence-corrected chi connectivity index (χ3v) is 2.23. The number of rotatable bonds is 4. The Morgan fingerprint density at radius 2 is 1.93 bits per heavy atom. The molecule has 1 nitrogen and oxygen atoms in total. The van der Waals surface area contributed by atoms with E-state index in [0.717, 1.165) is 17.5 Å². The Kier molecular flexibility index (Phi) is 4.08. The second-order valence-electron chi connectivity index (χ2n) is 4.00. The summed E-state index contributed by atoms with van der Waals surface area (Å²) < 4.78 is 13.5. The van der Waals surface area contributed by atoms with Crippen molar-refractivity contribution in [3.8, 4) is 0 Å². The zero-order chi connectivity index (χ0) is 10.6. The fourth-order valence-corrected chi connectivity index (χ4v) is 1.59. The molecule has 0 radical (unpaired) electrons. The van der Waals surface area contributed by atoms with Crippen molar-refractivity contribution < 1.29 is 4.39 Å². The second-order valence-corrected chi connectivity index (χ2v) is 4.00. The molecule has 2 heteroatoms. The highest BCUT2D eigenvalue weighted by atomic mass is 19.1. The number of alkyl halides is 1. The molecule has 0 aromatic heterocycles. The molecule has 0 saturated heterocycles. The molecule has 0 aliphatic rings. The van der Waals surface area contributed by atoms with Crippen LogP contribution in [0.3, 0.4) is 0 Å². The summed E-state index contributed by atoms with van der Waals surface area (Å²) in [5.74, 6) is 0.543. The first kappa shape index (κ1) is 11.2. The van der Waals surface area contributed by atoms with Crippen LogP contribution in [0.5, 0.6) is 0 Å². The Labute approximate surface area is 85.1 Å². The van der Waals surface area contributed by atoms with E-state index in [-0.39, 0.29) is 6.54 Å². The molecule has 78 valence electrons. The first-order valence-corrected chi connectivity index (χ1v) is 5.07. The molecule has 1 aromatic carbocycles. The summed E-state index contributed by atoms with van der Waals surface area (Å²) in [5, 5.41) is 0. The lowest BCUT2D eigenvalue weighted by atomic mass is 9.95. The average Bonchev–Trinajstić information content (AvgIpc) is 2.16. The van der Waals surface area contributed by atoms with Gasteiger partial charge in [-0.15, -0.1) is 0 Å². The van der Waals surface area contributed by atoms with Crippen molar-refractivity contribution in [3.05, 3.63) is 35.4 Å². The Balaban J connectivity index is 2.91. The summed E-state index contributed by atoms with van der Waals surface area (Å²) in [4.78, 5) is 0. The van der Waals surface area contributed by atoms with Gasteiger partial charge in [0.15, 0.2) is 0 Å². The monoisotopic (exact) mass is 195 g/mol. The highest BCUT2D eigenvalue weighted by Crippen LogP contribution is 2.22. The number of hydrogen-bond acceptors (Lipinski definition) is 1. The van der Waals surface area contributed by atoms with E-state index in [9.17, 15) is 4.39 Å². The standard InChI is InChI=1S/C12H18FN/c1-9(2)7-10-5-3-4-6-11(10)12(13)8-14/h3-6,9,12H,7-8,14H2,1-2H3. The number of benzene rings is 1. The summed E-state index contributed by atoms with van der Waals surface area (Å²) >= 11 is 0. The fraction of sp³-hybridized carbons (Fsp3) is 0.500. The van der Waals surface area contributed by atoms with Crippen LogP contribution in [-0.4, -0.2) is 6.54 Å². The molecule has 0 heterocycles. The van der Waals surface area contributed by atoms with Gasteiger partial charge in [0.1, 0.15) is 6.17 Å². The van der Waals surface area contributed by atoms with Gasteiger partial charge in [0.05, 0.1) is 0 Å². The van der Waals surface area contributed by atoms with E-state index in [4.69, 9.17) is 5.73 Å². The topological polar surface area (TPSA) is 26.0 Å². The van der Waals surface area contributed by atoms with Gasteiger partial charge in [-0.2, -0.15) is 0 Å². The molecule has 0 aliphatic carbocycles. The Morgan fingerprint density at radius 3 is 2.50 bits per heavy atom. The lowest BCUT2D eigenvalue weighted by molar-refractivity contribution is 0.350. The van der Waals surface area contributed by atoms with Gasteiger partial charge in [-0.05, 0) is 23.5 Å². The van der Waals surface area contributed by atoms with Crippen LogP contribution in [-0.2, 0) is 6.42 Å². The van der Waals surface area contributed by atoms with Crippen molar-refractivity contribution in [3.63, 3.8) is 0 Å². The first-order valence-electron chi connectivity index (χ1n) is 5.07. The van der Waals surface area contributed by atoms with E-state index in [1.54, 1.807) is 0 Å². The molecular formula is C12H18FN. The van der Waals surface area contributed by atoms with Gasteiger partial charge >= 0.3 is 0 Å². The minimum absolute atomic E-state index is 0.0646. The molecule has 0 saturated carbocycles. The van der Waals surface area contributed by atoms with Crippen molar-refractivity contribution in [2.45, 2.75) is 26.4 Å². The van der Waals surface area contributed by atoms with Crippen LogP contribution in [0.15, 0.2) is 24.3 Å². The van der Waals surface area contributed by atoms with Crippen LogP contribution in [0.2, 0.25) is 0 Å². The summed E-state index contributed by atoms with van der Waals surface area (Å²) in [6.45, 7) is 4.33. The van der Waals surface area contributed by atoms with Crippen LogP contribution in [0, 0.1) is 5.92 Å². The molecule has 0 aliphatic heterocycles. The molecule has 0 spiro atoms. The number of hydrogen-bond donors (Lipinski definition) is 1. The maximum Gasteiger partial charge on any atom is 0.138 e. The van der Waals surface area contributed by atoms with Crippen molar-refractivity contribution >= 4 is 0 Å². The van der Waals surface area contributed by atoms with E-state index in [0.29, 0.717) is 5.92 Å². The fourth-order valence-electron chi connectivity index (χ4n) is 1.59. The van der Waals surface area contributed by atoms with Gasteiger partial charge in [0.2, 0.25) is 0 Å². The largest absolute Gasteiger partial charge is 0.327 e. The van der Waals surface area contributed by atoms with Gasteiger partial charge in [0.25, 0.3) is 0 Å². The average molecular weight is 195 g/mol. The summed E-state index contributed by atoms with van der Waals surface area (Å²) in [5.41, 5.74) is 7.17. The number of halogens is 1. The molecule has 1 atom stereocenters.